The summed E-state index contributed by atoms with van der Waals surface area (Å²) >= 11 is 5.92. The van der Waals surface area contributed by atoms with Gasteiger partial charge in [-0.1, -0.05) is 29.3 Å². The van der Waals surface area contributed by atoms with Gasteiger partial charge in [-0.2, -0.15) is 5.10 Å². The Morgan fingerprint density at radius 1 is 1.47 bits per heavy atom. The van der Waals surface area contributed by atoms with Crippen LogP contribution >= 0.6 is 11.6 Å². The summed E-state index contributed by atoms with van der Waals surface area (Å²) < 4.78 is 15.1. The normalized spacial score (nSPS) is 12.8. The van der Waals surface area contributed by atoms with E-state index < -0.39 is 11.9 Å². The minimum absolute atomic E-state index is 0.204. The molecule has 0 saturated carbocycles. The molecule has 1 unspecified atom stereocenters. The van der Waals surface area contributed by atoms with Crippen molar-refractivity contribution >= 4 is 11.6 Å². The number of aryl methyl sites for hydroxylation is 2. The molecular weight excluding hydrogens is 243 g/mol. The predicted octanol–water partition coefficient (Wildman–Crippen LogP) is 2.60. The molecule has 3 nitrogen and oxygen atoms in total. The molecule has 2 aromatic rings. The van der Waals surface area contributed by atoms with Crippen molar-refractivity contribution in [1.82, 2.24) is 9.78 Å². The summed E-state index contributed by atoms with van der Waals surface area (Å²) in [5.41, 5.74) is 1.46. The zero-order valence-corrected chi connectivity index (χ0v) is 10.2. The van der Waals surface area contributed by atoms with E-state index in [0.717, 1.165) is 5.56 Å². The molecule has 0 aliphatic heterocycles. The monoisotopic (exact) mass is 254 g/mol. The van der Waals surface area contributed by atoms with E-state index in [4.69, 9.17) is 11.6 Å². The fourth-order valence-corrected chi connectivity index (χ4v) is 2.02. The molecule has 0 saturated heterocycles. The molecule has 0 spiro atoms. The first-order chi connectivity index (χ1) is 8.00. The van der Waals surface area contributed by atoms with Gasteiger partial charge in [0.2, 0.25) is 0 Å². The highest BCUT2D eigenvalue weighted by molar-refractivity contribution is 6.31. The maximum absolute atomic E-state index is 13.6. The van der Waals surface area contributed by atoms with Gasteiger partial charge in [0, 0.05) is 12.6 Å². The Bertz CT molecular complexity index is 534. The van der Waals surface area contributed by atoms with Crippen LogP contribution in [0.15, 0.2) is 24.4 Å². The Morgan fingerprint density at radius 3 is 2.76 bits per heavy atom. The second-order valence-electron chi connectivity index (χ2n) is 3.93. The van der Waals surface area contributed by atoms with E-state index in [9.17, 15) is 9.50 Å². The van der Waals surface area contributed by atoms with Gasteiger partial charge in [-0.25, -0.2) is 4.39 Å². The highest BCUT2D eigenvalue weighted by atomic mass is 35.5. The van der Waals surface area contributed by atoms with Crippen LogP contribution in [0, 0.1) is 12.7 Å². The number of aliphatic hydroxyl groups excluding tert-OH is 1. The van der Waals surface area contributed by atoms with Crippen molar-refractivity contribution in [1.29, 1.82) is 0 Å². The zero-order chi connectivity index (χ0) is 12.6. The van der Waals surface area contributed by atoms with Gasteiger partial charge < -0.3 is 5.11 Å². The number of nitrogens with zero attached hydrogens (tertiary/aromatic N) is 2. The Labute approximate surface area is 103 Å². The number of aromatic nitrogens is 2. The van der Waals surface area contributed by atoms with Crippen LogP contribution in [-0.4, -0.2) is 14.9 Å². The third-order valence-corrected chi connectivity index (χ3v) is 2.93. The average Bonchev–Trinajstić information content (AvgIpc) is 2.61. The molecule has 0 radical (unpaired) electrons. The van der Waals surface area contributed by atoms with Crippen molar-refractivity contribution in [2.75, 3.05) is 0 Å². The molecule has 0 bridgehead atoms. The number of benzene rings is 1. The molecule has 90 valence electrons. The second-order valence-corrected chi connectivity index (χ2v) is 4.34. The summed E-state index contributed by atoms with van der Waals surface area (Å²) in [5, 5.41) is 14.4. The largest absolute Gasteiger partial charge is 0.382 e. The lowest BCUT2D eigenvalue weighted by molar-refractivity contribution is 0.204. The predicted molar refractivity (Wildman–Crippen MR) is 63.4 cm³/mol. The quantitative estimate of drug-likeness (QED) is 0.895. The van der Waals surface area contributed by atoms with E-state index in [-0.39, 0.29) is 5.56 Å². The van der Waals surface area contributed by atoms with Gasteiger partial charge in [-0.15, -0.1) is 0 Å². The molecule has 0 amide bonds. The molecule has 17 heavy (non-hydrogen) atoms. The Kier molecular flexibility index (Phi) is 3.17. The highest BCUT2D eigenvalue weighted by Gasteiger charge is 2.21. The number of rotatable bonds is 2. The van der Waals surface area contributed by atoms with Crippen molar-refractivity contribution in [3.8, 4) is 0 Å². The van der Waals surface area contributed by atoms with Crippen LogP contribution in [0.4, 0.5) is 4.39 Å². The molecule has 0 fully saturated rings. The van der Waals surface area contributed by atoms with Crippen LogP contribution < -0.4 is 0 Å². The standard InChI is InChI=1S/C12H12ClFN2O/c1-7-3-4-10(14)8(5-7)12(17)11-9(13)6-15-16(11)2/h3-6,12,17H,1-2H3. The Balaban J connectivity index is 2.50. The molecule has 1 aromatic carbocycles. The molecule has 1 N–H and O–H groups in total. The van der Waals surface area contributed by atoms with E-state index in [1.54, 1.807) is 19.2 Å². The first-order valence-electron chi connectivity index (χ1n) is 5.12. The van der Waals surface area contributed by atoms with Crippen LogP contribution in [0.1, 0.15) is 22.9 Å². The minimum Gasteiger partial charge on any atom is -0.382 e. The number of aliphatic hydroxyl groups is 1. The maximum atomic E-state index is 13.6. The van der Waals surface area contributed by atoms with Crippen LogP contribution in [-0.2, 0) is 7.05 Å². The topological polar surface area (TPSA) is 38.1 Å². The van der Waals surface area contributed by atoms with Crippen molar-refractivity contribution in [2.24, 2.45) is 7.05 Å². The Hall–Kier alpha value is -1.39. The summed E-state index contributed by atoms with van der Waals surface area (Å²) in [6, 6.07) is 4.58. The lowest BCUT2D eigenvalue weighted by atomic mass is 10.0. The second kappa shape index (κ2) is 4.47. The third kappa shape index (κ3) is 2.18. The molecule has 0 aliphatic rings. The lowest BCUT2D eigenvalue weighted by Crippen LogP contribution is -2.09. The molecule has 1 atom stereocenters. The number of hydrogen-bond acceptors (Lipinski definition) is 2. The third-order valence-electron chi connectivity index (χ3n) is 2.64. The SMILES string of the molecule is Cc1ccc(F)c(C(O)c2c(Cl)cnn2C)c1. The summed E-state index contributed by atoms with van der Waals surface area (Å²) in [4.78, 5) is 0. The van der Waals surface area contributed by atoms with E-state index in [2.05, 4.69) is 5.10 Å². The van der Waals surface area contributed by atoms with Gasteiger partial charge >= 0.3 is 0 Å². The van der Waals surface area contributed by atoms with E-state index >= 15 is 0 Å². The van der Waals surface area contributed by atoms with Gasteiger partial charge in [0.15, 0.2) is 0 Å². The van der Waals surface area contributed by atoms with Crippen molar-refractivity contribution < 1.29 is 9.50 Å². The molecule has 0 aliphatic carbocycles. The zero-order valence-electron chi connectivity index (χ0n) is 9.48. The smallest absolute Gasteiger partial charge is 0.129 e. The van der Waals surface area contributed by atoms with Gasteiger partial charge in [0.05, 0.1) is 16.9 Å². The molecule has 1 aromatic heterocycles. The van der Waals surface area contributed by atoms with Gasteiger partial charge in [0.1, 0.15) is 11.9 Å². The summed E-state index contributed by atoms with van der Waals surface area (Å²) in [6.07, 6.45) is 0.309. The maximum Gasteiger partial charge on any atom is 0.129 e. The highest BCUT2D eigenvalue weighted by Crippen LogP contribution is 2.29. The van der Waals surface area contributed by atoms with Crippen LogP contribution in [0.25, 0.3) is 0 Å². The fraction of sp³-hybridized carbons (Fsp3) is 0.250. The first kappa shape index (κ1) is 12.1. The van der Waals surface area contributed by atoms with Gasteiger partial charge in [0.25, 0.3) is 0 Å². The van der Waals surface area contributed by atoms with Gasteiger partial charge in [-0.3, -0.25) is 4.68 Å². The Morgan fingerprint density at radius 2 is 2.18 bits per heavy atom. The molecule has 2 rings (SSSR count). The van der Waals surface area contributed by atoms with Crippen molar-refractivity contribution in [3.63, 3.8) is 0 Å². The van der Waals surface area contributed by atoms with Crippen LogP contribution in [0.5, 0.6) is 0 Å². The first-order valence-corrected chi connectivity index (χ1v) is 5.50. The molecule has 1 heterocycles. The fourth-order valence-electron chi connectivity index (χ4n) is 1.75. The van der Waals surface area contributed by atoms with Crippen molar-refractivity contribution in [3.05, 3.63) is 52.1 Å². The van der Waals surface area contributed by atoms with Crippen LogP contribution in [0.3, 0.4) is 0 Å². The molecular formula is C12H12ClFN2O. The van der Waals surface area contributed by atoms with Crippen LogP contribution in [0.2, 0.25) is 5.02 Å². The summed E-state index contributed by atoms with van der Waals surface area (Å²) in [7, 11) is 1.65. The average molecular weight is 255 g/mol. The number of halogens is 2. The molecule has 5 heteroatoms. The van der Waals surface area contributed by atoms with Crippen molar-refractivity contribution in [2.45, 2.75) is 13.0 Å². The minimum atomic E-state index is -1.12. The van der Waals surface area contributed by atoms with Gasteiger partial charge in [-0.05, 0) is 13.0 Å². The number of hydrogen-bond donors (Lipinski definition) is 1. The van der Waals surface area contributed by atoms with E-state index in [0.29, 0.717) is 10.7 Å². The lowest BCUT2D eigenvalue weighted by Gasteiger charge is -2.13. The van der Waals surface area contributed by atoms with E-state index in [1.807, 2.05) is 6.92 Å². The van der Waals surface area contributed by atoms with E-state index in [1.165, 1.54) is 16.9 Å². The summed E-state index contributed by atoms with van der Waals surface area (Å²) in [5.74, 6) is -0.458. The summed E-state index contributed by atoms with van der Waals surface area (Å²) in [6.45, 7) is 1.83.